The Morgan fingerprint density at radius 3 is 2.55 bits per heavy atom. The Labute approximate surface area is 178 Å². The third kappa shape index (κ3) is 7.41. The molecule has 0 spiro atoms. The molecule has 0 saturated carbocycles. The van der Waals surface area contributed by atoms with E-state index in [-0.39, 0.29) is 47.8 Å². The molecular formula is C17H21Cl2F2N5O3. The van der Waals surface area contributed by atoms with Crippen molar-refractivity contribution in [3.63, 3.8) is 0 Å². The van der Waals surface area contributed by atoms with E-state index in [9.17, 15) is 23.7 Å². The predicted molar refractivity (Wildman–Crippen MR) is 110 cm³/mol. The van der Waals surface area contributed by atoms with Gasteiger partial charge in [-0.2, -0.15) is 0 Å². The fourth-order valence-electron chi connectivity index (χ4n) is 2.27. The van der Waals surface area contributed by atoms with Crippen LogP contribution in [0.3, 0.4) is 0 Å². The summed E-state index contributed by atoms with van der Waals surface area (Å²) in [4.78, 5) is 26.9. The predicted octanol–water partition coefficient (Wildman–Crippen LogP) is 3.33. The molecule has 0 aliphatic carbocycles. The number of nitro benzene ring substituents is 1. The van der Waals surface area contributed by atoms with E-state index < -0.39 is 29.8 Å². The van der Waals surface area contributed by atoms with Gasteiger partial charge >= 0.3 is 0 Å². The van der Waals surface area contributed by atoms with Crippen LogP contribution in [-0.4, -0.2) is 34.8 Å². The maximum Gasteiger partial charge on any atom is 0.293 e. The molecule has 1 amide bonds. The molecule has 0 saturated heterocycles. The lowest BCUT2D eigenvalue weighted by Gasteiger charge is -2.16. The van der Waals surface area contributed by atoms with Gasteiger partial charge in [0.2, 0.25) is 0 Å². The molecule has 1 unspecified atom stereocenters. The Bertz CT molecular complexity index is 828. The van der Waals surface area contributed by atoms with Gasteiger partial charge in [-0.3, -0.25) is 19.9 Å². The summed E-state index contributed by atoms with van der Waals surface area (Å²) in [6.07, 6.45) is 1.60. The summed E-state index contributed by atoms with van der Waals surface area (Å²) >= 11 is 0. The highest BCUT2D eigenvalue weighted by atomic mass is 35.5. The number of halogens is 4. The van der Waals surface area contributed by atoms with Gasteiger partial charge < -0.3 is 16.4 Å². The van der Waals surface area contributed by atoms with Gasteiger partial charge in [0, 0.05) is 17.8 Å². The first-order valence-electron chi connectivity index (χ1n) is 8.05. The minimum Gasteiger partial charge on any atom is -0.371 e. The number of hydrogen-bond donors (Lipinski definition) is 3. The van der Waals surface area contributed by atoms with Gasteiger partial charge in [-0.25, -0.2) is 8.78 Å². The second-order valence-electron chi connectivity index (χ2n) is 5.85. The first-order chi connectivity index (χ1) is 12.7. The van der Waals surface area contributed by atoms with Crippen molar-refractivity contribution >= 4 is 42.1 Å². The minimum atomic E-state index is -3.25. The Hall–Kier alpha value is -2.56. The van der Waals surface area contributed by atoms with Crippen LogP contribution in [0.2, 0.25) is 0 Å². The molecule has 2 aromatic rings. The summed E-state index contributed by atoms with van der Waals surface area (Å²) in [5, 5.41) is 16.3. The first kappa shape index (κ1) is 26.4. The van der Waals surface area contributed by atoms with E-state index in [2.05, 4.69) is 10.3 Å². The molecule has 0 aliphatic rings. The normalized spacial score (nSPS) is 11.4. The number of nitro groups is 1. The Kier molecular flexibility index (Phi) is 10.4. The van der Waals surface area contributed by atoms with E-state index in [1.54, 1.807) is 31.3 Å². The molecule has 1 heterocycles. The van der Waals surface area contributed by atoms with Gasteiger partial charge in [-0.05, 0) is 31.2 Å². The zero-order valence-corrected chi connectivity index (χ0v) is 16.9. The number of carbonyl (C=O) groups excluding carboxylic acids is 1. The number of carbonyl (C=O) groups is 1. The van der Waals surface area contributed by atoms with Gasteiger partial charge in [-0.15, -0.1) is 24.8 Å². The second kappa shape index (κ2) is 11.4. The van der Waals surface area contributed by atoms with Crippen LogP contribution in [0.25, 0.3) is 0 Å². The highest BCUT2D eigenvalue weighted by Gasteiger charge is 2.28. The maximum atomic E-state index is 13.1. The summed E-state index contributed by atoms with van der Waals surface area (Å²) in [6, 6.07) is 8.68. The number of nitrogens with one attached hydrogen (secondary N) is 2. The van der Waals surface area contributed by atoms with Crippen LogP contribution in [-0.2, 0) is 0 Å². The van der Waals surface area contributed by atoms with Crippen LogP contribution in [0.1, 0.15) is 29.0 Å². The number of pyridine rings is 1. The Morgan fingerprint density at radius 1 is 1.31 bits per heavy atom. The molecule has 1 aromatic heterocycles. The lowest BCUT2D eigenvalue weighted by Crippen LogP contribution is -2.41. The van der Waals surface area contributed by atoms with Crippen LogP contribution in [0, 0.1) is 10.1 Å². The van der Waals surface area contributed by atoms with Crippen LogP contribution in [0.15, 0.2) is 42.6 Å². The fraction of sp³-hybridized carbons (Fsp3) is 0.294. The zero-order valence-electron chi connectivity index (χ0n) is 15.3. The lowest BCUT2D eigenvalue weighted by atomic mass is 10.1. The minimum absolute atomic E-state index is 0. The number of aromatic nitrogens is 1. The van der Waals surface area contributed by atoms with Crippen LogP contribution < -0.4 is 16.4 Å². The van der Waals surface area contributed by atoms with Crippen molar-refractivity contribution < 1.29 is 18.5 Å². The number of alkyl halides is 2. The van der Waals surface area contributed by atoms with E-state index >= 15 is 0 Å². The summed E-state index contributed by atoms with van der Waals surface area (Å²) in [5.41, 5.74) is 5.31. The quantitative estimate of drug-likeness (QED) is 0.417. The van der Waals surface area contributed by atoms with Crippen LogP contribution >= 0.6 is 24.8 Å². The molecule has 12 heteroatoms. The van der Waals surface area contributed by atoms with Crippen molar-refractivity contribution in [1.82, 2.24) is 10.3 Å². The molecule has 2 rings (SSSR count). The molecule has 0 bridgehead atoms. The smallest absolute Gasteiger partial charge is 0.293 e. The average Bonchev–Trinajstić information content (AvgIpc) is 2.67. The van der Waals surface area contributed by atoms with Gasteiger partial charge in [0.1, 0.15) is 5.69 Å². The van der Waals surface area contributed by atoms with Gasteiger partial charge in [0.15, 0.2) is 0 Å². The van der Waals surface area contributed by atoms with Crippen LogP contribution in [0.5, 0.6) is 0 Å². The highest BCUT2D eigenvalue weighted by molar-refractivity contribution is 5.95. The molecule has 1 aromatic carbocycles. The van der Waals surface area contributed by atoms with Crippen molar-refractivity contribution in [3.05, 3.63) is 64.0 Å². The van der Waals surface area contributed by atoms with Crippen molar-refractivity contribution in [1.29, 1.82) is 0 Å². The SMILES string of the molecule is CC(Nc1ccc(C(=O)NCC(F)(F)CN)cc1[N+](=O)[O-])c1ccccn1.Cl.Cl. The Morgan fingerprint density at radius 2 is 2.00 bits per heavy atom. The number of amides is 1. The van der Waals surface area contributed by atoms with E-state index in [4.69, 9.17) is 5.73 Å². The van der Waals surface area contributed by atoms with E-state index in [1.807, 2.05) is 5.32 Å². The number of nitrogens with two attached hydrogens (primary N) is 1. The molecule has 29 heavy (non-hydrogen) atoms. The first-order valence-corrected chi connectivity index (χ1v) is 8.05. The molecule has 0 aliphatic heterocycles. The monoisotopic (exact) mass is 451 g/mol. The summed E-state index contributed by atoms with van der Waals surface area (Å²) < 4.78 is 26.3. The number of rotatable bonds is 8. The van der Waals surface area contributed by atoms with Gasteiger partial charge in [-0.1, -0.05) is 6.07 Å². The number of nitrogens with zero attached hydrogens (tertiary/aromatic N) is 2. The molecule has 0 fully saturated rings. The lowest BCUT2D eigenvalue weighted by molar-refractivity contribution is -0.384. The molecule has 8 nitrogen and oxygen atoms in total. The molecule has 1 atom stereocenters. The number of hydrogen-bond acceptors (Lipinski definition) is 6. The van der Waals surface area contributed by atoms with Crippen molar-refractivity contribution in [3.8, 4) is 0 Å². The van der Waals surface area contributed by atoms with Crippen LogP contribution in [0.4, 0.5) is 20.2 Å². The Balaban J connectivity index is 0.00000392. The van der Waals surface area contributed by atoms with Crippen molar-refractivity contribution in [2.45, 2.75) is 18.9 Å². The third-order valence-electron chi connectivity index (χ3n) is 3.77. The highest BCUT2D eigenvalue weighted by Crippen LogP contribution is 2.29. The molecular weight excluding hydrogens is 431 g/mol. The van der Waals surface area contributed by atoms with E-state index in [1.165, 1.54) is 12.1 Å². The van der Waals surface area contributed by atoms with Gasteiger partial charge in [0.05, 0.1) is 29.7 Å². The third-order valence-corrected chi connectivity index (χ3v) is 3.77. The second-order valence-corrected chi connectivity index (χ2v) is 5.85. The standard InChI is InChI=1S/C17H19F2N5O3.2ClH/c1-11(13-4-2-3-7-21-13)23-14-6-5-12(8-15(14)24(26)27)16(25)22-10-17(18,19)9-20;;/h2-8,11,23H,9-10,20H2,1H3,(H,22,25);2*1H. The molecule has 160 valence electrons. The summed E-state index contributed by atoms with van der Waals surface area (Å²) in [6.45, 7) is -0.0872. The number of benzene rings is 1. The number of anilines is 1. The summed E-state index contributed by atoms with van der Waals surface area (Å²) in [7, 11) is 0. The fourth-order valence-corrected chi connectivity index (χ4v) is 2.27. The maximum absolute atomic E-state index is 13.1. The van der Waals surface area contributed by atoms with Gasteiger partial charge in [0.25, 0.3) is 17.5 Å². The average molecular weight is 452 g/mol. The van der Waals surface area contributed by atoms with E-state index in [0.29, 0.717) is 5.69 Å². The zero-order chi connectivity index (χ0) is 20.0. The molecule has 4 N–H and O–H groups in total. The molecule has 0 radical (unpaired) electrons. The van der Waals surface area contributed by atoms with Crippen molar-refractivity contribution in [2.75, 3.05) is 18.4 Å². The van der Waals surface area contributed by atoms with Crippen molar-refractivity contribution in [2.24, 2.45) is 5.73 Å². The topological polar surface area (TPSA) is 123 Å². The summed E-state index contributed by atoms with van der Waals surface area (Å²) in [5.74, 6) is -4.10. The largest absolute Gasteiger partial charge is 0.371 e. The van der Waals surface area contributed by atoms with E-state index in [0.717, 1.165) is 6.07 Å².